The van der Waals surface area contributed by atoms with Crippen LogP contribution in [0.15, 0.2) is 35.2 Å². The van der Waals surface area contributed by atoms with Crippen molar-refractivity contribution in [3.8, 4) is 0 Å². The van der Waals surface area contributed by atoms with Crippen molar-refractivity contribution in [2.45, 2.75) is 25.2 Å². The fraction of sp³-hybridized carbons (Fsp3) is 0.538. The first-order chi connectivity index (χ1) is 8.48. The second-order valence-electron chi connectivity index (χ2n) is 4.71. The zero-order valence-corrected chi connectivity index (χ0v) is 11.9. The Labute approximate surface area is 110 Å². The molecule has 0 aliphatic rings. The number of hydrogen-bond acceptors (Lipinski definition) is 3. The van der Waals surface area contributed by atoms with Gasteiger partial charge in [-0.25, -0.2) is 8.42 Å². The monoisotopic (exact) mass is 270 g/mol. The molecule has 102 valence electrons. The summed E-state index contributed by atoms with van der Waals surface area (Å²) in [5, 5.41) is 0. The predicted octanol–water partition coefficient (Wildman–Crippen LogP) is 1.68. The van der Waals surface area contributed by atoms with Gasteiger partial charge in [0.15, 0.2) is 0 Å². The molecule has 0 spiro atoms. The van der Waals surface area contributed by atoms with E-state index in [2.05, 4.69) is 0 Å². The molecule has 0 saturated carbocycles. The Morgan fingerprint density at radius 1 is 1.22 bits per heavy atom. The Balaban J connectivity index is 2.96. The van der Waals surface area contributed by atoms with Crippen LogP contribution < -0.4 is 5.73 Å². The number of rotatable bonds is 7. The average Bonchev–Trinajstić information content (AvgIpc) is 2.35. The molecular formula is C13H22N2O2S. The van der Waals surface area contributed by atoms with Gasteiger partial charge in [-0.1, -0.05) is 32.0 Å². The van der Waals surface area contributed by atoms with Crippen LogP contribution >= 0.6 is 0 Å². The average molecular weight is 270 g/mol. The zero-order valence-electron chi connectivity index (χ0n) is 11.0. The van der Waals surface area contributed by atoms with Gasteiger partial charge in [0, 0.05) is 13.1 Å². The lowest BCUT2D eigenvalue weighted by Gasteiger charge is -2.23. The summed E-state index contributed by atoms with van der Waals surface area (Å²) in [6, 6.07) is 8.55. The van der Waals surface area contributed by atoms with Gasteiger partial charge in [0.05, 0.1) is 4.90 Å². The summed E-state index contributed by atoms with van der Waals surface area (Å²) in [5.41, 5.74) is 5.47. The Hall–Kier alpha value is -0.910. The SMILES string of the molecule is CC(C)CN(CCCN)S(=O)(=O)c1ccccc1. The highest BCUT2D eigenvalue weighted by molar-refractivity contribution is 7.89. The Morgan fingerprint density at radius 2 is 1.83 bits per heavy atom. The molecule has 5 heteroatoms. The number of sulfonamides is 1. The summed E-state index contributed by atoms with van der Waals surface area (Å²) in [5.74, 6) is 0.293. The summed E-state index contributed by atoms with van der Waals surface area (Å²) < 4.78 is 26.4. The Morgan fingerprint density at radius 3 is 2.33 bits per heavy atom. The normalized spacial score (nSPS) is 12.3. The quantitative estimate of drug-likeness (QED) is 0.820. The molecule has 0 aliphatic carbocycles. The first kappa shape index (κ1) is 15.1. The Bertz CT molecular complexity index is 443. The van der Waals surface area contributed by atoms with E-state index in [1.54, 1.807) is 24.3 Å². The van der Waals surface area contributed by atoms with E-state index in [9.17, 15) is 8.42 Å². The van der Waals surface area contributed by atoms with Crippen LogP contribution in [0.25, 0.3) is 0 Å². The van der Waals surface area contributed by atoms with Gasteiger partial charge in [0.1, 0.15) is 0 Å². The van der Waals surface area contributed by atoms with Crippen molar-refractivity contribution in [3.63, 3.8) is 0 Å². The van der Waals surface area contributed by atoms with E-state index in [4.69, 9.17) is 5.73 Å². The first-order valence-corrected chi connectivity index (χ1v) is 7.67. The molecular weight excluding hydrogens is 248 g/mol. The molecule has 0 unspecified atom stereocenters. The molecule has 0 fully saturated rings. The lowest BCUT2D eigenvalue weighted by molar-refractivity contribution is 0.364. The van der Waals surface area contributed by atoms with Crippen LogP contribution in [0.5, 0.6) is 0 Å². The zero-order chi connectivity index (χ0) is 13.6. The predicted molar refractivity (Wildman–Crippen MR) is 73.7 cm³/mol. The third kappa shape index (κ3) is 4.08. The van der Waals surface area contributed by atoms with E-state index in [-0.39, 0.29) is 0 Å². The van der Waals surface area contributed by atoms with Crippen molar-refractivity contribution in [1.29, 1.82) is 0 Å². The number of hydrogen-bond donors (Lipinski definition) is 1. The highest BCUT2D eigenvalue weighted by Gasteiger charge is 2.24. The van der Waals surface area contributed by atoms with Gasteiger partial charge in [-0.2, -0.15) is 4.31 Å². The molecule has 0 aromatic heterocycles. The molecule has 18 heavy (non-hydrogen) atoms. The molecule has 4 nitrogen and oxygen atoms in total. The molecule has 0 atom stereocenters. The summed E-state index contributed by atoms with van der Waals surface area (Å²) in [6.45, 7) is 5.52. The maximum atomic E-state index is 12.5. The van der Waals surface area contributed by atoms with Gasteiger partial charge < -0.3 is 5.73 Å². The highest BCUT2D eigenvalue weighted by atomic mass is 32.2. The summed E-state index contributed by atoms with van der Waals surface area (Å²) in [7, 11) is -3.39. The van der Waals surface area contributed by atoms with Crippen molar-refractivity contribution in [2.75, 3.05) is 19.6 Å². The van der Waals surface area contributed by atoms with Crippen LogP contribution in [0, 0.1) is 5.92 Å². The topological polar surface area (TPSA) is 63.4 Å². The van der Waals surface area contributed by atoms with Crippen molar-refractivity contribution in [3.05, 3.63) is 30.3 Å². The summed E-state index contributed by atoms with van der Waals surface area (Å²) >= 11 is 0. The largest absolute Gasteiger partial charge is 0.330 e. The molecule has 0 aliphatic heterocycles. The van der Waals surface area contributed by atoms with Gasteiger partial charge in [-0.05, 0) is 31.0 Å². The number of nitrogens with zero attached hydrogens (tertiary/aromatic N) is 1. The molecule has 1 aromatic carbocycles. The smallest absolute Gasteiger partial charge is 0.243 e. The maximum Gasteiger partial charge on any atom is 0.243 e. The lowest BCUT2D eigenvalue weighted by atomic mass is 10.2. The van der Waals surface area contributed by atoms with Crippen molar-refractivity contribution in [2.24, 2.45) is 11.7 Å². The number of nitrogens with two attached hydrogens (primary N) is 1. The Kier molecular flexibility index (Phi) is 5.78. The molecule has 0 heterocycles. The molecule has 0 radical (unpaired) electrons. The van der Waals surface area contributed by atoms with Crippen LogP contribution in [0.3, 0.4) is 0 Å². The van der Waals surface area contributed by atoms with E-state index in [0.29, 0.717) is 36.9 Å². The standard InChI is InChI=1S/C13H22N2O2S/c1-12(2)11-15(10-6-9-14)18(16,17)13-7-4-3-5-8-13/h3-5,7-8,12H,6,9-11,14H2,1-2H3. The molecule has 0 saturated heterocycles. The molecule has 1 aromatic rings. The van der Waals surface area contributed by atoms with Crippen LogP contribution in [0.4, 0.5) is 0 Å². The van der Waals surface area contributed by atoms with Gasteiger partial charge in [-0.3, -0.25) is 0 Å². The third-order valence-electron chi connectivity index (χ3n) is 2.56. The van der Waals surface area contributed by atoms with Crippen molar-refractivity contribution < 1.29 is 8.42 Å². The number of benzene rings is 1. The minimum atomic E-state index is -3.39. The molecule has 0 amide bonds. The van der Waals surface area contributed by atoms with Gasteiger partial charge >= 0.3 is 0 Å². The van der Waals surface area contributed by atoms with Gasteiger partial charge in [-0.15, -0.1) is 0 Å². The summed E-state index contributed by atoms with van der Waals surface area (Å²) in [6.07, 6.45) is 0.679. The summed E-state index contributed by atoms with van der Waals surface area (Å²) in [4.78, 5) is 0.350. The van der Waals surface area contributed by atoms with Crippen molar-refractivity contribution in [1.82, 2.24) is 4.31 Å². The van der Waals surface area contributed by atoms with Gasteiger partial charge in [0.2, 0.25) is 10.0 Å². The molecule has 1 rings (SSSR count). The van der Waals surface area contributed by atoms with Crippen LogP contribution in [-0.4, -0.2) is 32.4 Å². The van der Waals surface area contributed by atoms with E-state index in [0.717, 1.165) is 0 Å². The highest BCUT2D eigenvalue weighted by Crippen LogP contribution is 2.16. The van der Waals surface area contributed by atoms with E-state index in [1.807, 2.05) is 19.9 Å². The van der Waals surface area contributed by atoms with Crippen LogP contribution in [0.1, 0.15) is 20.3 Å². The second kappa shape index (κ2) is 6.87. The van der Waals surface area contributed by atoms with E-state index < -0.39 is 10.0 Å². The minimum Gasteiger partial charge on any atom is -0.330 e. The third-order valence-corrected chi connectivity index (χ3v) is 4.44. The fourth-order valence-electron chi connectivity index (χ4n) is 1.73. The van der Waals surface area contributed by atoms with E-state index >= 15 is 0 Å². The molecule has 0 bridgehead atoms. The van der Waals surface area contributed by atoms with Crippen LogP contribution in [0.2, 0.25) is 0 Å². The van der Waals surface area contributed by atoms with Crippen LogP contribution in [-0.2, 0) is 10.0 Å². The fourth-order valence-corrected chi connectivity index (χ4v) is 3.39. The maximum absolute atomic E-state index is 12.5. The molecule has 2 N–H and O–H groups in total. The van der Waals surface area contributed by atoms with E-state index in [1.165, 1.54) is 4.31 Å². The minimum absolute atomic E-state index is 0.293. The van der Waals surface area contributed by atoms with Crippen molar-refractivity contribution >= 4 is 10.0 Å². The second-order valence-corrected chi connectivity index (χ2v) is 6.65. The van der Waals surface area contributed by atoms with Gasteiger partial charge in [0.25, 0.3) is 0 Å². The lowest BCUT2D eigenvalue weighted by Crippen LogP contribution is -2.35. The first-order valence-electron chi connectivity index (χ1n) is 6.23.